The number of aromatic nitrogens is 2. The molecule has 3 nitrogen and oxygen atoms in total. The van der Waals surface area contributed by atoms with Crippen molar-refractivity contribution in [2.45, 2.75) is 30.0 Å². The van der Waals surface area contributed by atoms with Gasteiger partial charge in [-0.25, -0.2) is 14.4 Å². The van der Waals surface area contributed by atoms with Gasteiger partial charge >= 0.3 is 0 Å². The van der Waals surface area contributed by atoms with Crippen molar-refractivity contribution in [3.05, 3.63) is 48.0 Å². The summed E-state index contributed by atoms with van der Waals surface area (Å²) in [5.41, 5.74) is 1.10. The van der Waals surface area contributed by atoms with Crippen molar-refractivity contribution in [2.75, 3.05) is 18.0 Å². The van der Waals surface area contributed by atoms with Crippen LogP contribution >= 0.6 is 11.8 Å². The fraction of sp³-hybridized carbons (Fsp3) is 0.375. The minimum atomic E-state index is -0.196. The third-order valence-electron chi connectivity index (χ3n) is 3.61. The predicted molar refractivity (Wildman–Crippen MR) is 84.1 cm³/mol. The number of thioether (sulfide) groups is 1. The molecule has 0 amide bonds. The van der Waals surface area contributed by atoms with Gasteiger partial charge in [-0.1, -0.05) is 12.1 Å². The van der Waals surface area contributed by atoms with E-state index in [9.17, 15) is 4.39 Å². The van der Waals surface area contributed by atoms with Crippen LogP contribution in [0.2, 0.25) is 0 Å². The van der Waals surface area contributed by atoms with Crippen LogP contribution in [0.4, 0.5) is 10.2 Å². The van der Waals surface area contributed by atoms with Gasteiger partial charge in [-0.05, 0) is 37.0 Å². The Morgan fingerprint density at radius 2 is 1.81 bits per heavy atom. The van der Waals surface area contributed by atoms with E-state index < -0.39 is 0 Å². The van der Waals surface area contributed by atoms with Crippen LogP contribution in [0, 0.1) is 5.82 Å². The third-order valence-corrected chi connectivity index (χ3v) is 4.60. The molecule has 2 aromatic rings. The fourth-order valence-corrected chi connectivity index (χ4v) is 3.26. The van der Waals surface area contributed by atoms with Crippen molar-refractivity contribution < 1.29 is 4.39 Å². The first kappa shape index (κ1) is 14.3. The maximum Gasteiger partial charge on any atom is 0.133 e. The van der Waals surface area contributed by atoms with Crippen molar-refractivity contribution in [2.24, 2.45) is 0 Å². The largest absolute Gasteiger partial charge is 0.356 e. The van der Waals surface area contributed by atoms with Crippen LogP contribution in [-0.4, -0.2) is 23.1 Å². The molecule has 0 atom stereocenters. The molecule has 0 N–H and O–H groups in total. The highest BCUT2D eigenvalue weighted by molar-refractivity contribution is 7.98. The Bertz CT molecular complexity index is 582. The van der Waals surface area contributed by atoms with Crippen molar-refractivity contribution >= 4 is 17.6 Å². The van der Waals surface area contributed by atoms with Crippen LogP contribution in [0.5, 0.6) is 0 Å². The first-order chi connectivity index (χ1) is 10.3. The molecule has 0 saturated carbocycles. The van der Waals surface area contributed by atoms with Gasteiger partial charge in [0.25, 0.3) is 0 Å². The lowest BCUT2D eigenvalue weighted by atomic mass is 10.1. The Hall–Kier alpha value is -1.62. The van der Waals surface area contributed by atoms with Crippen LogP contribution < -0.4 is 4.90 Å². The molecule has 5 heteroatoms. The van der Waals surface area contributed by atoms with Crippen LogP contribution in [0.3, 0.4) is 0 Å². The van der Waals surface area contributed by atoms with E-state index >= 15 is 0 Å². The highest BCUT2D eigenvalue weighted by atomic mass is 32.2. The number of benzene rings is 1. The standard InChI is InChI=1S/C16H18FN3S/c17-14-6-4-13(5-7-14)11-21-16-10-15(18-12-19-16)20-8-2-1-3-9-20/h4-7,10,12H,1-3,8-9,11H2. The van der Waals surface area contributed by atoms with Crippen molar-refractivity contribution in [1.29, 1.82) is 0 Å². The lowest BCUT2D eigenvalue weighted by Crippen LogP contribution is -2.30. The highest BCUT2D eigenvalue weighted by Gasteiger charge is 2.12. The topological polar surface area (TPSA) is 29.0 Å². The summed E-state index contributed by atoms with van der Waals surface area (Å²) >= 11 is 1.66. The lowest BCUT2D eigenvalue weighted by molar-refractivity contribution is 0.572. The van der Waals surface area contributed by atoms with Gasteiger partial charge in [0.1, 0.15) is 23.0 Å². The van der Waals surface area contributed by atoms with Gasteiger partial charge in [0, 0.05) is 24.9 Å². The molecule has 0 spiro atoms. The molecule has 1 saturated heterocycles. The molecule has 1 aliphatic rings. The molecule has 110 valence electrons. The van der Waals surface area contributed by atoms with Crippen molar-refractivity contribution in [1.82, 2.24) is 9.97 Å². The predicted octanol–water partition coefficient (Wildman–Crippen LogP) is 3.90. The van der Waals surface area contributed by atoms with E-state index in [0.717, 1.165) is 35.2 Å². The maximum atomic E-state index is 12.9. The van der Waals surface area contributed by atoms with E-state index in [2.05, 4.69) is 20.9 Å². The van der Waals surface area contributed by atoms with Gasteiger partial charge in [-0.3, -0.25) is 0 Å². The number of hydrogen-bond acceptors (Lipinski definition) is 4. The van der Waals surface area contributed by atoms with Gasteiger partial charge in [-0.15, -0.1) is 11.8 Å². The molecule has 3 rings (SSSR count). The van der Waals surface area contributed by atoms with Crippen LogP contribution in [0.15, 0.2) is 41.7 Å². The first-order valence-electron chi connectivity index (χ1n) is 7.25. The van der Waals surface area contributed by atoms with Gasteiger partial charge in [0.15, 0.2) is 0 Å². The summed E-state index contributed by atoms with van der Waals surface area (Å²) in [7, 11) is 0. The first-order valence-corrected chi connectivity index (χ1v) is 8.24. The molecule has 21 heavy (non-hydrogen) atoms. The average Bonchev–Trinajstić information content (AvgIpc) is 2.55. The minimum absolute atomic E-state index is 0.196. The Morgan fingerprint density at radius 3 is 2.57 bits per heavy atom. The van der Waals surface area contributed by atoms with Crippen LogP contribution in [0.25, 0.3) is 0 Å². The molecule has 1 aromatic heterocycles. The molecular formula is C16H18FN3S. The minimum Gasteiger partial charge on any atom is -0.356 e. The second-order valence-corrected chi connectivity index (χ2v) is 6.17. The van der Waals surface area contributed by atoms with Crippen molar-refractivity contribution in [3.8, 4) is 0 Å². The number of hydrogen-bond donors (Lipinski definition) is 0. The summed E-state index contributed by atoms with van der Waals surface area (Å²) in [5.74, 6) is 1.61. The lowest BCUT2D eigenvalue weighted by Gasteiger charge is -2.27. The number of anilines is 1. The monoisotopic (exact) mass is 303 g/mol. The zero-order valence-electron chi connectivity index (χ0n) is 11.8. The summed E-state index contributed by atoms with van der Waals surface area (Å²) in [5, 5.41) is 0.967. The summed E-state index contributed by atoms with van der Waals surface area (Å²) in [4.78, 5) is 11.0. The van der Waals surface area contributed by atoms with E-state index in [-0.39, 0.29) is 5.82 Å². The highest BCUT2D eigenvalue weighted by Crippen LogP contribution is 2.25. The fourth-order valence-electron chi connectivity index (χ4n) is 2.44. The molecule has 0 unspecified atom stereocenters. The van der Waals surface area contributed by atoms with E-state index in [4.69, 9.17) is 0 Å². The van der Waals surface area contributed by atoms with E-state index in [0.29, 0.717) is 0 Å². The molecule has 1 aliphatic heterocycles. The molecule has 0 bridgehead atoms. The molecule has 0 aliphatic carbocycles. The zero-order chi connectivity index (χ0) is 14.5. The molecule has 2 heterocycles. The summed E-state index contributed by atoms with van der Waals surface area (Å²) in [6, 6.07) is 8.67. The Labute approximate surface area is 128 Å². The number of piperidine rings is 1. The summed E-state index contributed by atoms with van der Waals surface area (Å²) in [6.45, 7) is 2.16. The smallest absolute Gasteiger partial charge is 0.133 e. The quantitative estimate of drug-likeness (QED) is 0.633. The van der Waals surface area contributed by atoms with Crippen molar-refractivity contribution in [3.63, 3.8) is 0 Å². The van der Waals surface area contributed by atoms with E-state index in [1.807, 2.05) is 12.1 Å². The zero-order valence-corrected chi connectivity index (χ0v) is 12.7. The van der Waals surface area contributed by atoms with Gasteiger partial charge in [-0.2, -0.15) is 0 Å². The summed E-state index contributed by atoms with van der Waals surface area (Å²) in [6.07, 6.45) is 5.43. The number of halogens is 1. The second-order valence-electron chi connectivity index (χ2n) is 5.18. The summed E-state index contributed by atoms with van der Waals surface area (Å²) < 4.78 is 12.9. The van der Waals surface area contributed by atoms with Crippen LogP contribution in [0.1, 0.15) is 24.8 Å². The second kappa shape index (κ2) is 6.89. The molecule has 0 radical (unpaired) electrons. The maximum absolute atomic E-state index is 12.9. The van der Waals surface area contributed by atoms with Gasteiger partial charge in [0.2, 0.25) is 0 Å². The van der Waals surface area contributed by atoms with Gasteiger partial charge in [0.05, 0.1) is 0 Å². The van der Waals surface area contributed by atoms with E-state index in [1.54, 1.807) is 18.1 Å². The van der Waals surface area contributed by atoms with Crippen LogP contribution in [-0.2, 0) is 5.75 Å². The Balaban J connectivity index is 1.64. The Kier molecular flexibility index (Phi) is 4.70. The molecule has 1 aromatic carbocycles. The normalized spacial score (nSPS) is 15.2. The molecular weight excluding hydrogens is 285 g/mol. The third kappa shape index (κ3) is 3.94. The molecule has 1 fully saturated rings. The number of rotatable bonds is 4. The van der Waals surface area contributed by atoms with E-state index in [1.165, 1.54) is 31.4 Å². The van der Waals surface area contributed by atoms with Gasteiger partial charge < -0.3 is 4.90 Å². The Morgan fingerprint density at radius 1 is 1.05 bits per heavy atom. The number of nitrogens with zero attached hydrogens (tertiary/aromatic N) is 3. The average molecular weight is 303 g/mol. The SMILES string of the molecule is Fc1ccc(CSc2cc(N3CCCCC3)ncn2)cc1.